The first-order valence-corrected chi connectivity index (χ1v) is 4.27. The number of nitrogens with zero attached hydrogens (tertiary/aromatic N) is 1. The molecule has 74 valence electrons. The maximum absolute atomic E-state index is 11.3. The van der Waals surface area contributed by atoms with E-state index in [1.807, 2.05) is 0 Å². The second kappa shape index (κ2) is 4.34. The molecule has 2 N–H and O–H groups in total. The van der Waals surface area contributed by atoms with Gasteiger partial charge in [-0.1, -0.05) is 0 Å². The van der Waals surface area contributed by atoms with Gasteiger partial charge in [0.15, 0.2) is 12.4 Å². The van der Waals surface area contributed by atoms with Crippen molar-refractivity contribution in [1.29, 1.82) is 0 Å². The topological polar surface area (TPSA) is 77.8 Å². The van der Waals surface area contributed by atoms with Crippen molar-refractivity contribution in [2.45, 2.75) is 25.0 Å². The molecule has 1 amide bonds. The molecule has 1 unspecified atom stereocenters. The minimum absolute atomic E-state index is 0.165. The van der Waals surface area contributed by atoms with Crippen molar-refractivity contribution in [1.82, 2.24) is 4.90 Å². The van der Waals surface area contributed by atoms with Crippen LogP contribution in [0.25, 0.3) is 0 Å². The molecule has 0 aromatic carbocycles. The number of hydrogen-bond donors (Lipinski definition) is 2. The summed E-state index contributed by atoms with van der Waals surface area (Å²) in [5.74, 6) is -0.558. The van der Waals surface area contributed by atoms with Crippen LogP contribution in [-0.2, 0) is 9.59 Å². The van der Waals surface area contributed by atoms with Crippen LogP contribution in [0, 0.1) is 0 Å². The molecule has 1 saturated heterocycles. The van der Waals surface area contributed by atoms with E-state index in [2.05, 4.69) is 0 Å². The lowest BCUT2D eigenvalue weighted by atomic mass is 10.2. The Kier molecular flexibility index (Phi) is 3.39. The SMILES string of the molecule is O=C[C@H](O)C(O)C(=O)N1CCCC1. The summed E-state index contributed by atoms with van der Waals surface area (Å²) in [6.07, 6.45) is -1.21. The molecular formula is C8H13NO4. The van der Waals surface area contributed by atoms with Gasteiger partial charge in [-0.05, 0) is 12.8 Å². The van der Waals surface area contributed by atoms with E-state index in [4.69, 9.17) is 5.11 Å². The molecule has 1 aliphatic heterocycles. The van der Waals surface area contributed by atoms with Gasteiger partial charge in [0.05, 0.1) is 0 Å². The Morgan fingerprint density at radius 1 is 1.31 bits per heavy atom. The number of rotatable bonds is 3. The number of carbonyl (C=O) groups excluding carboxylic acids is 2. The summed E-state index contributed by atoms with van der Waals surface area (Å²) in [6, 6.07) is 0. The third-order valence-corrected chi connectivity index (χ3v) is 2.13. The molecule has 0 bridgehead atoms. The zero-order valence-corrected chi connectivity index (χ0v) is 7.22. The third-order valence-electron chi connectivity index (χ3n) is 2.13. The zero-order chi connectivity index (χ0) is 9.84. The molecule has 0 aromatic rings. The molecule has 1 aliphatic rings. The molecule has 0 spiro atoms. The number of hydrogen-bond acceptors (Lipinski definition) is 4. The van der Waals surface area contributed by atoms with Crippen LogP contribution in [0.5, 0.6) is 0 Å². The number of amides is 1. The largest absolute Gasteiger partial charge is 0.382 e. The van der Waals surface area contributed by atoms with Gasteiger partial charge in [-0.3, -0.25) is 4.79 Å². The van der Waals surface area contributed by atoms with Crippen LogP contribution in [0.3, 0.4) is 0 Å². The number of likely N-dealkylation sites (tertiary alicyclic amines) is 1. The average Bonchev–Trinajstić information content (AvgIpc) is 2.67. The molecule has 1 heterocycles. The summed E-state index contributed by atoms with van der Waals surface area (Å²) < 4.78 is 0. The maximum Gasteiger partial charge on any atom is 0.254 e. The van der Waals surface area contributed by atoms with Crippen LogP contribution in [0.15, 0.2) is 0 Å². The maximum atomic E-state index is 11.3. The van der Waals surface area contributed by atoms with Gasteiger partial charge >= 0.3 is 0 Å². The lowest BCUT2D eigenvalue weighted by Crippen LogP contribution is -2.44. The van der Waals surface area contributed by atoms with E-state index in [0.717, 1.165) is 12.8 Å². The van der Waals surface area contributed by atoms with Crippen molar-refractivity contribution in [2.75, 3.05) is 13.1 Å². The van der Waals surface area contributed by atoms with E-state index in [0.29, 0.717) is 13.1 Å². The third kappa shape index (κ3) is 2.26. The smallest absolute Gasteiger partial charge is 0.254 e. The summed E-state index contributed by atoms with van der Waals surface area (Å²) in [6.45, 7) is 1.20. The van der Waals surface area contributed by atoms with Gasteiger partial charge in [-0.2, -0.15) is 0 Å². The van der Waals surface area contributed by atoms with Crippen molar-refractivity contribution in [3.05, 3.63) is 0 Å². The highest BCUT2D eigenvalue weighted by Crippen LogP contribution is 2.09. The van der Waals surface area contributed by atoms with E-state index in [9.17, 15) is 14.7 Å². The first-order chi connectivity index (χ1) is 6.16. The fourth-order valence-corrected chi connectivity index (χ4v) is 1.35. The van der Waals surface area contributed by atoms with Crippen molar-refractivity contribution in [2.24, 2.45) is 0 Å². The number of carbonyl (C=O) groups is 2. The molecule has 2 atom stereocenters. The Morgan fingerprint density at radius 3 is 2.31 bits per heavy atom. The summed E-state index contributed by atoms with van der Waals surface area (Å²) >= 11 is 0. The minimum Gasteiger partial charge on any atom is -0.382 e. The van der Waals surface area contributed by atoms with Crippen molar-refractivity contribution < 1.29 is 19.8 Å². The Morgan fingerprint density at radius 2 is 1.85 bits per heavy atom. The van der Waals surface area contributed by atoms with Gasteiger partial charge < -0.3 is 19.9 Å². The van der Waals surface area contributed by atoms with E-state index in [1.54, 1.807) is 0 Å². The molecule has 0 radical (unpaired) electrons. The highest BCUT2D eigenvalue weighted by atomic mass is 16.3. The van der Waals surface area contributed by atoms with Gasteiger partial charge in [0.2, 0.25) is 0 Å². The van der Waals surface area contributed by atoms with Crippen LogP contribution < -0.4 is 0 Å². The predicted octanol–water partition coefficient (Wildman–Crippen LogP) is -1.47. The lowest BCUT2D eigenvalue weighted by Gasteiger charge is -2.20. The van der Waals surface area contributed by atoms with Crippen LogP contribution in [0.1, 0.15) is 12.8 Å². The normalized spacial score (nSPS) is 21.2. The van der Waals surface area contributed by atoms with E-state index >= 15 is 0 Å². The average molecular weight is 187 g/mol. The number of aldehydes is 1. The van der Waals surface area contributed by atoms with E-state index < -0.39 is 18.1 Å². The second-order valence-electron chi connectivity index (χ2n) is 3.10. The van der Waals surface area contributed by atoms with Gasteiger partial charge in [-0.15, -0.1) is 0 Å². The minimum atomic E-state index is -1.60. The van der Waals surface area contributed by atoms with Crippen molar-refractivity contribution in [3.8, 4) is 0 Å². The van der Waals surface area contributed by atoms with Crippen molar-refractivity contribution >= 4 is 12.2 Å². The number of aliphatic hydroxyl groups is 2. The van der Waals surface area contributed by atoms with Crippen LogP contribution in [0.4, 0.5) is 0 Å². The summed E-state index contributed by atoms with van der Waals surface area (Å²) in [7, 11) is 0. The number of aliphatic hydroxyl groups excluding tert-OH is 2. The van der Waals surface area contributed by atoms with E-state index in [-0.39, 0.29) is 6.29 Å². The molecule has 0 saturated carbocycles. The Labute approximate surface area is 76.0 Å². The van der Waals surface area contributed by atoms with Gasteiger partial charge in [0.1, 0.15) is 6.10 Å². The standard InChI is InChI=1S/C8H13NO4/c10-5-6(11)7(12)8(13)9-3-1-2-4-9/h5-7,11-12H,1-4H2/t6-,7?/m0/s1. The monoisotopic (exact) mass is 187 g/mol. The molecule has 0 aromatic heterocycles. The van der Waals surface area contributed by atoms with E-state index in [1.165, 1.54) is 4.90 Å². The Balaban J connectivity index is 2.50. The predicted molar refractivity (Wildman–Crippen MR) is 43.9 cm³/mol. The molecule has 1 rings (SSSR count). The molecular weight excluding hydrogens is 174 g/mol. The first kappa shape index (κ1) is 10.1. The highest BCUT2D eigenvalue weighted by molar-refractivity contribution is 5.84. The summed E-state index contributed by atoms with van der Waals surface area (Å²) in [5.41, 5.74) is 0. The fourth-order valence-electron chi connectivity index (χ4n) is 1.35. The van der Waals surface area contributed by atoms with Gasteiger partial charge in [0.25, 0.3) is 5.91 Å². The van der Waals surface area contributed by atoms with Crippen LogP contribution in [0.2, 0.25) is 0 Å². The lowest BCUT2D eigenvalue weighted by molar-refractivity contribution is -0.147. The van der Waals surface area contributed by atoms with Crippen LogP contribution in [-0.4, -0.2) is 52.6 Å². The molecule has 1 fully saturated rings. The first-order valence-electron chi connectivity index (χ1n) is 4.27. The molecule has 13 heavy (non-hydrogen) atoms. The Bertz CT molecular complexity index is 200. The van der Waals surface area contributed by atoms with Gasteiger partial charge in [0, 0.05) is 13.1 Å². The second-order valence-corrected chi connectivity index (χ2v) is 3.10. The molecule has 5 heteroatoms. The molecule has 0 aliphatic carbocycles. The zero-order valence-electron chi connectivity index (χ0n) is 7.22. The summed E-state index contributed by atoms with van der Waals surface area (Å²) in [5, 5.41) is 18.1. The fraction of sp³-hybridized carbons (Fsp3) is 0.750. The quantitative estimate of drug-likeness (QED) is 0.529. The van der Waals surface area contributed by atoms with Gasteiger partial charge in [-0.25, -0.2) is 0 Å². The molecule has 5 nitrogen and oxygen atoms in total. The summed E-state index contributed by atoms with van der Waals surface area (Å²) in [4.78, 5) is 22.8. The highest BCUT2D eigenvalue weighted by Gasteiger charge is 2.29. The van der Waals surface area contributed by atoms with Crippen molar-refractivity contribution in [3.63, 3.8) is 0 Å². The Hall–Kier alpha value is -0.940. The van der Waals surface area contributed by atoms with Crippen LogP contribution >= 0.6 is 0 Å².